The van der Waals surface area contributed by atoms with Gasteiger partial charge < -0.3 is 28.8 Å². The van der Waals surface area contributed by atoms with Gasteiger partial charge in [-0.05, 0) is 77.7 Å². The fourth-order valence-electron chi connectivity index (χ4n) is 4.75. The topological polar surface area (TPSA) is 69.7 Å². The first-order chi connectivity index (χ1) is 20.5. The summed E-state index contributed by atoms with van der Waals surface area (Å²) >= 11 is 0. The quantitative estimate of drug-likeness (QED) is 0.156. The van der Waals surface area contributed by atoms with Crippen molar-refractivity contribution in [1.82, 2.24) is 0 Å². The van der Waals surface area contributed by atoms with Gasteiger partial charge in [0.05, 0.1) is 13.2 Å². The molecule has 0 radical (unpaired) electrons. The molecular weight excluding hydrogens is 528 g/mol. The summed E-state index contributed by atoms with van der Waals surface area (Å²) in [6.45, 7) is 8.70. The molecule has 6 nitrogen and oxygen atoms in total. The van der Waals surface area contributed by atoms with Crippen LogP contribution in [0.4, 0.5) is 0 Å². The number of epoxide rings is 1. The van der Waals surface area contributed by atoms with Crippen molar-refractivity contribution in [2.24, 2.45) is 0 Å². The minimum absolute atomic E-state index is 0.148. The molecule has 42 heavy (non-hydrogen) atoms. The fourth-order valence-corrected chi connectivity index (χ4v) is 4.75. The van der Waals surface area contributed by atoms with E-state index in [1.54, 1.807) is 0 Å². The van der Waals surface area contributed by atoms with Crippen molar-refractivity contribution in [3.63, 3.8) is 0 Å². The van der Waals surface area contributed by atoms with Crippen LogP contribution in [-0.2, 0) is 4.74 Å². The third kappa shape index (κ3) is 8.28. The Hall–Kier alpha value is -4.00. The lowest BCUT2D eigenvalue weighted by Crippen LogP contribution is -2.25. The van der Waals surface area contributed by atoms with Crippen LogP contribution in [0.5, 0.6) is 23.0 Å². The second-order valence-corrected chi connectivity index (χ2v) is 10.7. The minimum Gasteiger partial charge on any atom is -0.494 e. The first kappa shape index (κ1) is 29.5. The Morgan fingerprint density at radius 2 is 0.929 bits per heavy atom. The van der Waals surface area contributed by atoms with Crippen LogP contribution in [0, 0.1) is 0 Å². The summed E-state index contributed by atoms with van der Waals surface area (Å²) < 4.78 is 28.1. The smallest absolute Gasteiger partial charge is 0.122 e. The van der Waals surface area contributed by atoms with Gasteiger partial charge in [-0.1, -0.05) is 62.4 Å². The highest BCUT2D eigenvalue weighted by atomic mass is 16.6. The molecule has 0 spiro atoms. The number of aliphatic hydroxyl groups is 1. The number of hydrogen-bond acceptors (Lipinski definition) is 6. The van der Waals surface area contributed by atoms with E-state index >= 15 is 0 Å². The highest BCUT2D eigenvalue weighted by molar-refractivity contribution is 5.39. The highest BCUT2D eigenvalue weighted by Gasteiger charge is 2.23. The Labute approximate surface area is 248 Å². The molecule has 1 aliphatic rings. The average molecular weight is 569 g/mol. The predicted molar refractivity (Wildman–Crippen MR) is 164 cm³/mol. The van der Waals surface area contributed by atoms with Crippen molar-refractivity contribution < 1.29 is 28.8 Å². The SMILES string of the molecule is CCOc1ccc(C(C)c2ccc(OCC(O)COc3ccc(C(C)c4ccc(OCC5CO5)cc4)cc3)cc2)cc1. The van der Waals surface area contributed by atoms with Gasteiger partial charge in [-0.3, -0.25) is 0 Å². The molecule has 1 N–H and O–H groups in total. The molecule has 4 aromatic rings. The third-order valence-electron chi connectivity index (χ3n) is 7.55. The molecule has 0 aromatic heterocycles. The van der Waals surface area contributed by atoms with Crippen LogP contribution in [0.15, 0.2) is 97.1 Å². The van der Waals surface area contributed by atoms with Gasteiger partial charge in [0.25, 0.3) is 0 Å². The van der Waals surface area contributed by atoms with E-state index in [1.807, 2.05) is 55.5 Å². The van der Waals surface area contributed by atoms with Gasteiger partial charge in [-0.2, -0.15) is 0 Å². The number of benzene rings is 4. The van der Waals surface area contributed by atoms with E-state index in [4.69, 9.17) is 23.7 Å². The average Bonchev–Trinajstić information content (AvgIpc) is 3.87. The fraction of sp³-hybridized carbons (Fsp3) is 0.333. The lowest BCUT2D eigenvalue weighted by molar-refractivity contribution is 0.0626. The summed E-state index contributed by atoms with van der Waals surface area (Å²) in [5.41, 5.74) is 4.82. The molecule has 0 amide bonds. The van der Waals surface area contributed by atoms with Crippen molar-refractivity contribution in [1.29, 1.82) is 0 Å². The summed E-state index contributed by atoms with van der Waals surface area (Å²) in [6, 6.07) is 32.5. The van der Waals surface area contributed by atoms with Crippen LogP contribution >= 0.6 is 0 Å². The Balaban J connectivity index is 1.04. The molecule has 1 fully saturated rings. The molecule has 5 rings (SSSR count). The van der Waals surface area contributed by atoms with E-state index in [0.29, 0.717) is 24.7 Å². The van der Waals surface area contributed by atoms with Crippen molar-refractivity contribution in [2.45, 2.75) is 44.8 Å². The van der Waals surface area contributed by atoms with Crippen LogP contribution < -0.4 is 18.9 Å². The number of aliphatic hydroxyl groups excluding tert-OH is 1. The van der Waals surface area contributed by atoms with E-state index in [1.165, 1.54) is 22.3 Å². The van der Waals surface area contributed by atoms with Gasteiger partial charge in [0.2, 0.25) is 0 Å². The van der Waals surface area contributed by atoms with Crippen LogP contribution in [-0.4, -0.2) is 50.3 Å². The standard InChI is InChI=1S/C36H40O6/c1-4-38-32-13-5-27(6-14-32)25(2)28-7-15-33(16-8-28)39-21-31(37)22-40-34-17-9-29(10-18-34)26(3)30-11-19-35(20-12-30)41-23-36-24-42-36/h5-20,25-26,31,36-37H,4,21-24H2,1-3H3. The van der Waals surface area contributed by atoms with Gasteiger partial charge in [0, 0.05) is 11.8 Å². The molecule has 1 heterocycles. The van der Waals surface area contributed by atoms with Crippen LogP contribution in [0.2, 0.25) is 0 Å². The molecule has 6 heteroatoms. The van der Waals surface area contributed by atoms with Gasteiger partial charge in [-0.15, -0.1) is 0 Å². The third-order valence-corrected chi connectivity index (χ3v) is 7.55. The van der Waals surface area contributed by atoms with E-state index in [0.717, 1.165) is 18.1 Å². The maximum atomic E-state index is 10.4. The molecule has 0 aliphatic carbocycles. The normalized spacial score (nSPS) is 16.2. The van der Waals surface area contributed by atoms with Gasteiger partial charge in [0.15, 0.2) is 0 Å². The molecule has 4 aromatic carbocycles. The summed E-state index contributed by atoms with van der Waals surface area (Å²) in [5, 5.41) is 10.4. The zero-order valence-electron chi connectivity index (χ0n) is 24.6. The monoisotopic (exact) mass is 568 g/mol. The highest BCUT2D eigenvalue weighted by Crippen LogP contribution is 2.29. The summed E-state index contributed by atoms with van der Waals surface area (Å²) in [7, 11) is 0. The van der Waals surface area contributed by atoms with Gasteiger partial charge >= 0.3 is 0 Å². The lowest BCUT2D eigenvalue weighted by atomic mass is 9.93. The van der Waals surface area contributed by atoms with Crippen molar-refractivity contribution >= 4 is 0 Å². The second-order valence-electron chi connectivity index (χ2n) is 10.7. The number of rotatable bonds is 15. The van der Waals surface area contributed by atoms with E-state index in [9.17, 15) is 5.11 Å². The van der Waals surface area contributed by atoms with Crippen molar-refractivity contribution in [3.8, 4) is 23.0 Å². The first-order valence-corrected chi connectivity index (χ1v) is 14.7. The van der Waals surface area contributed by atoms with Crippen LogP contribution in [0.3, 0.4) is 0 Å². The van der Waals surface area contributed by atoms with Crippen LogP contribution in [0.25, 0.3) is 0 Å². The summed E-state index contributed by atoms with van der Waals surface area (Å²) in [5.74, 6) is 3.65. The minimum atomic E-state index is -0.752. The maximum Gasteiger partial charge on any atom is 0.122 e. The van der Waals surface area contributed by atoms with E-state index in [-0.39, 0.29) is 31.2 Å². The summed E-state index contributed by atoms with van der Waals surface area (Å²) in [6.07, 6.45) is -0.501. The Morgan fingerprint density at radius 3 is 1.26 bits per heavy atom. The summed E-state index contributed by atoms with van der Waals surface area (Å²) in [4.78, 5) is 0. The van der Waals surface area contributed by atoms with Crippen molar-refractivity contribution in [2.75, 3.05) is 33.0 Å². The van der Waals surface area contributed by atoms with Crippen molar-refractivity contribution in [3.05, 3.63) is 119 Å². The Bertz CT molecular complexity index is 1360. The second kappa shape index (κ2) is 14.3. The molecule has 0 bridgehead atoms. The molecule has 220 valence electrons. The van der Waals surface area contributed by atoms with Crippen LogP contribution in [0.1, 0.15) is 54.9 Å². The lowest BCUT2D eigenvalue weighted by Gasteiger charge is -2.16. The molecule has 4 unspecified atom stereocenters. The number of hydrogen-bond donors (Lipinski definition) is 1. The Kier molecular flexibility index (Phi) is 10.0. The van der Waals surface area contributed by atoms with Gasteiger partial charge in [-0.25, -0.2) is 0 Å². The maximum absolute atomic E-state index is 10.4. The van der Waals surface area contributed by atoms with Gasteiger partial charge in [0.1, 0.15) is 55.0 Å². The zero-order chi connectivity index (χ0) is 29.3. The molecule has 1 saturated heterocycles. The van der Waals surface area contributed by atoms with E-state index < -0.39 is 6.10 Å². The molecule has 0 saturated carbocycles. The largest absolute Gasteiger partial charge is 0.494 e. The first-order valence-electron chi connectivity index (χ1n) is 14.7. The Morgan fingerprint density at radius 1 is 0.595 bits per heavy atom. The predicted octanol–water partition coefficient (Wildman–Crippen LogP) is 6.99. The molecule has 1 aliphatic heterocycles. The molecular formula is C36H40O6. The molecule has 4 atom stereocenters. The number of ether oxygens (including phenoxy) is 5. The zero-order valence-corrected chi connectivity index (χ0v) is 24.6. The van der Waals surface area contributed by atoms with E-state index in [2.05, 4.69) is 62.4 Å².